The summed E-state index contributed by atoms with van der Waals surface area (Å²) >= 11 is 0. The molecule has 7 aromatic rings. The Kier molecular flexibility index (Phi) is 19.4. The molecule has 0 heterocycles. The molecule has 0 aromatic heterocycles. The van der Waals surface area contributed by atoms with Crippen molar-refractivity contribution in [3.8, 4) is 22.3 Å². The predicted molar refractivity (Wildman–Crippen MR) is 250 cm³/mol. The molecule has 0 saturated heterocycles. The van der Waals surface area contributed by atoms with E-state index < -0.39 is 0 Å². The number of benzene rings is 7. The van der Waals surface area contributed by atoms with Crippen LogP contribution in [0.15, 0.2) is 204 Å². The maximum Gasteiger partial charge on any atom is 0.134 e. The van der Waals surface area contributed by atoms with Crippen LogP contribution in [-0.4, -0.2) is 32.4 Å². The first-order valence-corrected chi connectivity index (χ1v) is 19.9. The van der Waals surface area contributed by atoms with E-state index in [1.165, 1.54) is 16.7 Å². The number of anilines is 1. The van der Waals surface area contributed by atoms with Gasteiger partial charge in [0.1, 0.15) is 11.7 Å². The Morgan fingerprint density at radius 2 is 0.966 bits per heavy atom. The van der Waals surface area contributed by atoms with Crippen molar-refractivity contribution in [1.29, 1.82) is 0 Å². The molecule has 58 heavy (non-hydrogen) atoms. The van der Waals surface area contributed by atoms with Gasteiger partial charge in [0.25, 0.3) is 0 Å². The third-order valence-electron chi connectivity index (χ3n) is 8.61. The van der Waals surface area contributed by atoms with Gasteiger partial charge in [-0.3, -0.25) is 9.98 Å². The quantitative estimate of drug-likeness (QED) is 0.0825. The molecule has 0 aliphatic heterocycles. The van der Waals surface area contributed by atoms with Gasteiger partial charge in [-0.25, -0.2) is 0 Å². The van der Waals surface area contributed by atoms with Crippen molar-refractivity contribution in [3.63, 3.8) is 0 Å². The van der Waals surface area contributed by atoms with Crippen LogP contribution in [0.2, 0.25) is 0 Å². The van der Waals surface area contributed by atoms with Gasteiger partial charge in [0, 0.05) is 23.4 Å². The Bertz CT molecular complexity index is 2220. The first-order valence-electron chi connectivity index (χ1n) is 19.9. The summed E-state index contributed by atoms with van der Waals surface area (Å²) in [4.78, 5) is 9.59. The minimum Gasteiger partial charge on any atom is -0.366 e. The van der Waals surface area contributed by atoms with Gasteiger partial charge in [-0.15, -0.1) is 0 Å². The van der Waals surface area contributed by atoms with Crippen molar-refractivity contribution in [3.05, 3.63) is 222 Å². The number of nitrogens with two attached hydrogens (primary N) is 1. The zero-order valence-corrected chi connectivity index (χ0v) is 34.6. The molecule has 0 aliphatic carbocycles. The van der Waals surface area contributed by atoms with E-state index in [1.807, 2.05) is 82.5 Å². The average Bonchev–Trinajstić information content (AvgIpc) is 3.29. The summed E-state index contributed by atoms with van der Waals surface area (Å²) in [7, 11) is 3.75. The smallest absolute Gasteiger partial charge is 0.134 e. The molecule has 7 rings (SSSR count). The van der Waals surface area contributed by atoms with Gasteiger partial charge in [-0.1, -0.05) is 195 Å². The van der Waals surface area contributed by atoms with Crippen LogP contribution in [0.4, 0.5) is 5.69 Å². The molecule has 5 N–H and O–H groups in total. The molecule has 0 amide bonds. The zero-order chi connectivity index (χ0) is 41.2. The molecule has 0 unspecified atom stereocenters. The van der Waals surface area contributed by atoms with Crippen LogP contribution in [0.3, 0.4) is 0 Å². The van der Waals surface area contributed by atoms with Crippen LogP contribution in [0.5, 0.6) is 0 Å². The van der Waals surface area contributed by atoms with E-state index in [4.69, 9.17) is 10.7 Å². The van der Waals surface area contributed by atoms with Crippen molar-refractivity contribution >= 4 is 17.4 Å². The molecule has 0 aliphatic rings. The third-order valence-corrected chi connectivity index (χ3v) is 8.61. The van der Waals surface area contributed by atoms with Crippen molar-refractivity contribution in [2.75, 3.05) is 26.1 Å². The lowest BCUT2D eigenvalue weighted by Gasteiger charge is -2.13. The minimum atomic E-state index is 0.191. The molecule has 0 atom stereocenters. The van der Waals surface area contributed by atoms with Crippen molar-refractivity contribution in [1.82, 2.24) is 10.6 Å². The number of nitrogens with one attached hydrogen (secondary N) is 3. The second-order valence-corrected chi connectivity index (χ2v) is 13.1. The highest BCUT2D eigenvalue weighted by Gasteiger charge is 2.08. The lowest BCUT2D eigenvalue weighted by Crippen LogP contribution is -2.24. The molecule has 7 aromatic carbocycles. The van der Waals surface area contributed by atoms with Gasteiger partial charge in [-0.2, -0.15) is 0 Å². The van der Waals surface area contributed by atoms with E-state index in [2.05, 4.69) is 167 Å². The fraction of sp³-hybridized carbons (Fsp3) is 0.154. The van der Waals surface area contributed by atoms with Crippen LogP contribution in [0.25, 0.3) is 22.3 Å². The Morgan fingerprint density at radius 1 is 0.483 bits per heavy atom. The SMILES string of the molecule is CC.CNC.Cc1ccccc1.NC/N=C(\Nc1cccc(-c2cccc(CN=C(NCc3ccccc3)c3ccccc3)c2)c1)c1ccc(-c2ccccc2)cc1. The predicted octanol–water partition coefficient (Wildman–Crippen LogP) is 11.4. The van der Waals surface area contributed by atoms with Crippen molar-refractivity contribution < 1.29 is 0 Å². The first kappa shape index (κ1) is 44.1. The van der Waals surface area contributed by atoms with Gasteiger partial charge in [0.2, 0.25) is 0 Å². The average molecular weight is 767 g/mol. The number of nitrogens with zero attached hydrogens (tertiary/aromatic N) is 2. The number of hydrogen-bond donors (Lipinski definition) is 4. The molecule has 0 bridgehead atoms. The molecular weight excluding hydrogens is 709 g/mol. The van der Waals surface area contributed by atoms with Crippen LogP contribution in [-0.2, 0) is 13.1 Å². The highest BCUT2D eigenvalue weighted by atomic mass is 15.0. The van der Waals surface area contributed by atoms with E-state index in [9.17, 15) is 0 Å². The van der Waals surface area contributed by atoms with E-state index in [1.54, 1.807) is 0 Å². The number of hydrogen-bond acceptors (Lipinski definition) is 4. The van der Waals surface area contributed by atoms with Crippen LogP contribution in [0.1, 0.15) is 41.7 Å². The standard InChI is InChI=1S/C41H37N5.C7H8.C2H7N.C2H6/c42-30-45-41(36-24-22-34(23-25-36)33-15-6-2-7-16-33)46-39-21-11-20-38(27-39)37-19-10-14-32(26-37)29-44-40(35-17-8-3-9-18-35)43-28-31-12-4-1-5-13-31;1-7-5-3-2-4-6-7;1-3-2;1-2/h1-27H,28-30,42H2,(H,43,44)(H,45,46);2-6H,1H3;3H,1-2H3;1-2H3. The normalized spacial score (nSPS) is 10.7. The summed E-state index contributed by atoms with van der Waals surface area (Å²) in [6.45, 7) is 7.54. The number of aryl methyl sites for hydroxylation is 1. The molecule has 0 radical (unpaired) electrons. The van der Waals surface area contributed by atoms with E-state index in [0.717, 1.165) is 50.7 Å². The zero-order valence-electron chi connectivity index (χ0n) is 34.6. The molecule has 0 fully saturated rings. The summed E-state index contributed by atoms with van der Waals surface area (Å²) in [5.41, 5.74) is 17.1. The van der Waals surface area contributed by atoms with Crippen molar-refractivity contribution in [2.24, 2.45) is 15.7 Å². The molecule has 6 heteroatoms. The van der Waals surface area contributed by atoms with Gasteiger partial charge in [0.15, 0.2) is 0 Å². The number of amidine groups is 2. The second-order valence-electron chi connectivity index (χ2n) is 13.1. The lowest BCUT2D eigenvalue weighted by atomic mass is 10.0. The second kappa shape index (κ2) is 25.5. The number of rotatable bonds is 10. The highest BCUT2D eigenvalue weighted by Crippen LogP contribution is 2.25. The molecule has 296 valence electrons. The Hall–Kier alpha value is -6.60. The van der Waals surface area contributed by atoms with E-state index in [-0.39, 0.29) is 6.67 Å². The van der Waals surface area contributed by atoms with Gasteiger partial charge in [-0.05, 0) is 72.6 Å². The maximum absolute atomic E-state index is 5.87. The molecule has 6 nitrogen and oxygen atoms in total. The molecule has 0 saturated carbocycles. The van der Waals surface area contributed by atoms with Crippen LogP contribution < -0.4 is 21.7 Å². The minimum absolute atomic E-state index is 0.191. The summed E-state index contributed by atoms with van der Waals surface area (Å²) in [5.74, 6) is 1.61. The third kappa shape index (κ3) is 14.8. The fourth-order valence-electron chi connectivity index (χ4n) is 5.84. The Balaban J connectivity index is 0.000000542. The van der Waals surface area contributed by atoms with Gasteiger partial charge < -0.3 is 21.7 Å². The lowest BCUT2D eigenvalue weighted by molar-refractivity contribution is 0.896. The summed E-state index contributed by atoms with van der Waals surface area (Å²) < 4.78 is 0. The van der Waals surface area contributed by atoms with Crippen LogP contribution >= 0.6 is 0 Å². The summed E-state index contributed by atoms with van der Waals surface area (Å²) in [5, 5.41) is 9.81. The largest absolute Gasteiger partial charge is 0.366 e. The topological polar surface area (TPSA) is 86.8 Å². The monoisotopic (exact) mass is 766 g/mol. The molecular formula is C52H58N6. The molecule has 0 spiro atoms. The van der Waals surface area contributed by atoms with Crippen LogP contribution in [0, 0.1) is 6.92 Å². The Morgan fingerprint density at radius 3 is 1.55 bits per heavy atom. The maximum atomic E-state index is 5.87. The first-order chi connectivity index (χ1) is 28.6. The van der Waals surface area contributed by atoms with Crippen molar-refractivity contribution in [2.45, 2.75) is 33.9 Å². The van der Waals surface area contributed by atoms with E-state index >= 15 is 0 Å². The summed E-state index contributed by atoms with van der Waals surface area (Å²) in [6.07, 6.45) is 0. The van der Waals surface area contributed by atoms with Gasteiger partial charge in [0.05, 0.1) is 13.2 Å². The van der Waals surface area contributed by atoms with E-state index in [0.29, 0.717) is 13.1 Å². The summed E-state index contributed by atoms with van der Waals surface area (Å²) in [6, 6.07) is 66.6. The highest BCUT2D eigenvalue weighted by molar-refractivity contribution is 6.08. The van der Waals surface area contributed by atoms with Gasteiger partial charge >= 0.3 is 0 Å². The number of aliphatic imine (C=N–C) groups is 2. The Labute approximate surface area is 346 Å². The fourth-order valence-corrected chi connectivity index (χ4v) is 5.84.